The van der Waals surface area contributed by atoms with Gasteiger partial charge in [0.1, 0.15) is 5.75 Å². The summed E-state index contributed by atoms with van der Waals surface area (Å²) in [5, 5.41) is 3.85. The molecule has 6 heteroatoms. The van der Waals surface area contributed by atoms with Gasteiger partial charge in [0, 0.05) is 23.7 Å². The van der Waals surface area contributed by atoms with Crippen LogP contribution in [0.5, 0.6) is 11.5 Å². The van der Waals surface area contributed by atoms with Gasteiger partial charge in [-0.25, -0.2) is 0 Å². The maximum absolute atomic E-state index is 12.6. The Morgan fingerprint density at radius 3 is 2.45 bits per heavy atom. The first kappa shape index (κ1) is 19.2. The molecule has 0 radical (unpaired) electrons. The van der Waals surface area contributed by atoms with Crippen LogP contribution in [0.3, 0.4) is 0 Å². The van der Waals surface area contributed by atoms with Crippen LogP contribution in [0.25, 0.3) is 0 Å². The SMILES string of the molecule is Nc1cc(C(=O)N2CCCC2)ccc1Nc1cc(Cl)ccc1Oc1ccccc1. The minimum Gasteiger partial charge on any atom is -0.455 e. The van der Waals surface area contributed by atoms with Crippen LogP contribution in [-0.4, -0.2) is 23.9 Å². The van der Waals surface area contributed by atoms with E-state index in [1.807, 2.05) is 41.3 Å². The van der Waals surface area contributed by atoms with Crippen molar-refractivity contribution in [3.8, 4) is 11.5 Å². The van der Waals surface area contributed by atoms with Gasteiger partial charge in [-0.2, -0.15) is 0 Å². The quantitative estimate of drug-likeness (QED) is 0.533. The number of rotatable bonds is 5. The van der Waals surface area contributed by atoms with Crippen molar-refractivity contribution in [2.45, 2.75) is 12.8 Å². The van der Waals surface area contributed by atoms with Crippen molar-refractivity contribution in [3.63, 3.8) is 0 Å². The molecule has 1 fully saturated rings. The fraction of sp³-hybridized carbons (Fsp3) is 0.174. The number of benzene rings is 3. The Morgan fingerprint density at radius 2 is 1.72 bits per heavy atom. The van der Waals surface area contributed by atoms with Crippen LogP contribution in [0.2, 0.25) is 5.02 Å². The number of para-hydroxylation sites is 1. The number of amides is 1. The molecule has 3 aromatic rings. The highest BCUT2D eigenvalue weighted by molar-refractivity contribution is 6.31. The molecule has 1 aliphatic rings. The minimum absolute atomic E-state index is 0.0246. The van der Waals surface area contributed by atoms with Crippen molar-refractivity contribution in [1.82, 2.24) is 4.90 Å². The summed E-state index contributed by atoms with van der Waals surface area (Å²) in [4.78, 5) is 14.4. The highest BCUT2D eigenvalue weighted by atomic mass is 35.5. The molecule has 5 nitrogen and oxygen atoms in total. The first-order valence-electron chi connectivity index (χ1n) is 9.58. The lowest BCUT2D eigenvalue weighted by Crippen LogP contribution is -2.27. The molecular weight excluding hydrogens is 386 g/mol. The van der Waals surface area contributed by atoms with Gasteiger partial charge in [0.05, 0.1) is 17.1 Å². The number of nitrogens with two attached hydrogens (primary N) is 1. The molecule has 0 aromatic heterocycles. The molecule has 1 saturated heterocycles. The van der Waals surface area contributed by atoms with E-state index in [1.165, 1.54) is 0 Å². The number of halogens is 1. The average Bonchev–Trinajstić information content (AvgIpc) is 3.26. The minimum atomic E-state index is 0.0246. The van der Waals surface area contributed by atoms with E-state index >= 15 is 0 Å². The molecule has 3 N–H and O–H groups in total. The zero-order valence-electron chi connectivity index (χ0n) is 15.9. The molecular formula is C23H22ClN3O2. The number of ether oxygens (including phenoxy) is 1. The molecule has 1 heterocycles. The second-order valence-corrected chi connectivity index (χ2v) is 7.42. The number of carbonyl (C=O) groups is 1. The van der Waals surface area contributed by atoms with Crippen molar-refractivity contribution in [2.75, 3.05) is 24.1 Å². The Kier molecular flexibility index (Phi) is 5.58. The number of hydrogen-bond donors (Lipinski definition) is 2. The van der Waals surface area contributed by atoms with E-state index in [0.717, 1.165) is 31.7 Å². The second-order valence-electron chi connectivity index (χ2n) is 6.98. The van der Waals surface area contributed by atoms with Gasteiger partial charge < -0.3 is 20.7 Å². The van der Waals surface area contributed by atoms with Crippen LogP contribution >= 0.6 is 11.6 Å². The summed E-state index contributed by atoms with van der Waals surface area (Å²) in [6.07, 6.45) is 2.11. The summed E-state index contributed by atoms with van der Waals surface area (Å²) >= 11 is 6.19. The summed E-state index contributed by atoms with van der Waals surface area (Å²) in [5.41, 5.74) is 8.70. The Labute approximate surface area is 175 Å². The van der Waals surface area contributed by atoms with Gasteiger partial charge in [-0.3, -0.25) is 4.79 Å². The molecule has 1 aliphatic heterocycles. The Morgan fingerprint density at radius 1 is 0.966 bits per heavy atom. The van der Waals surface area contributed by atoms with Gasteiger partial charge >= 0.3 is 0 Å². The highest BCUT2D eigenvalue weighted by Crippen LogP contribution is 2.35. The third kappa shape index (κ3) is 4.46. The maximum atomic E-state index is 12.6. The lowest BCUT2D eigenvalue weighted by atomic mass is 10.1. The van der Waals surface area contributed by atoms with Gasteiger partial charge in [-0.1, -0.05) is 29.8 Å². The Bertz CT molecular complexity index is 1020. The largest absolute Gasteiger partial charge is 0.455 e. The number of anilines is 3. The first-order valence-corrected chi connectivity index (χ1v) is 9.96. The summed E-state index contributed by atoms with van der Waals surface area (Å²) < 4.78 is 5.98. The average molecular weight is 408 g/mol. The van der Waals surface area contributed by atoms with Crippen molar-refractivity contribution in [1.29, 1.82) is 0 Å². The third-order valence-corrected chi connectivity index (χ3v) is 5.11. The fourth-order valence-electron chi connectivity index (χ4n) is 3.36. The molecule has 0 spiro atoms. The number of hydrogen-bond acceptors (Lipinski definition) is 4. The van der Waals surface area contributed by atoms with E-state index < -0.39 is 0 Å². The predicted molar refractivity (Wildman–Crippen MR) is 117 cm³/mol. The summed E-state index contributed by atoms with van der Waals surface area (Å²) in [6.45, 7) is 1.61. The topological polar surface area (TPSA) is 67.6 Å². The molecule has 0 saturated carbocycles. The zero-order valence-corrected chi connectivity index (χ0v) is 16.7. The van der Waals surface area contributed by atoms with E-state index in [9.17, 15) is 4.79 Å². The third-order valence-electron chi connectivity index (χ3n) is 4.87. The molecule has 3 aromatic carbocycles. The molecule has 0 bridgehead atoms. The van der Waals surface area contributed by atoms with Crippen LogP contribution in [0, 0.1) is 0 Å². The molecule has 0 aliphatic carbocycles. The molecule has 4 rings (SSSR count). The van der Waals surface area contributed by atoms with Crippen LogP contribution in [0.4, 0.5) is 17.1 Å². The predicted octanol–water partition coefficient (Wildman–Crippen LogP) is 5.69. The molecule has 29 heavy (non-hydrogen) atoms. The number of nitrogens with zero attached hydrogens (tertiary/aromatic N) is 1. The van der Waals surface area contributed by atoms with Crippen molar-refractivity contribution in [3.05, 3.63) is 77.3 Å². The Hall–Kier alpha value is -3.18. The normalized spacial score (nSPS) is 13.3. The van der Waals surface area contributed by atoms with Gasteiger partial charge in [-0.05, 0) is 61.4 Å². The van der Waals surface area contributed by atoms with Gasteiger partial charge in [0.2, 0.25) is 0 Å². The van der Waals surface area contributed by atoms with Gasteiger partial charge in [0.15, 0.2) is 5.75 Å². The molecule has 1 amide bonds. The van der Waals surface area contributed by atoms with E-state index in [4.69, 9.17) is 22.1 Å². The van der Waals surface area contributed by atoms with Crippen LogP contribution in [-0.2, 0) is 0 Å². The van der Waals surface area contributed by atoms with E-state index in [0.29, 0.717) is 33.4 Å². The first-order chi connectivity index (χ1) is 14.1. The summed E-state index contributed by atoms with van der Waals surface area (Å²) in [6, 6.07) is 20.2. The van der Waals surface area contributed by atoms with E-state index in [-0.39, 0.29) is 5.91 Å². The number of likely N-dealkylation sites (tertiary alicyclic amines) is 1. The smallest absolute Gasteiger partial charge is 0.253 e. The standard InChI is InChI=1S/C23H22ClN3O2/c24-17-9-11-22(29-18-6-2-1-3-7-18)21(15-17)26-20-10-8-16(14-19(20)25)23(28)27-12-4-5-13-27/h1-3,6-11,14-15,26H,4-5,12-13,25H2. The maximum Gasteiger partial charge on any atom is 0.253 e. The zero-order chi connectivity index (χ0) is 20.2. The van der Waals surface area contributed by atoms with Crippen LogP contribution in [0.1, 0.15) is 23.2 Å². The van der Waals surface area contributed by atoms with Crippen LogP contribution < -0.4 is 15.8 Å². The molecule has 0 atom stereocenters. The second kappa shape index (κ2) is 8.45. The van der Waals surface area contributed by atoms with Crippen molar-refractivity contribution >= 4 is 34.6 Å². The lowest BCUT2D eigenvalue weighted by Gasteiger charge is -2.17. The molecule has 0 unspecified atom stereocenters. The summed E-state index contributed by atoms with van der Waals surface area (Å²) in [7, 11) is 0. The highest BCUT2D eigenvalue weighted by Gasteiger charge is 2.20. The summed E-state index contributed by atoms with van der Waals surface area (Å²) in [5.74, 6) is 1.37. The van der Waals surface area contributed by atoms with Crippen molar-refractivity contribution < 1.29 is 9.53 Å². The molecule has 148 valence electrons. The Balaban J connectivity index is 1.57. The number of carbonyl (C=O) groups excluding carboxylic acids is 1. The van der Waals surface area contributed by atoms with Gasteiger partial charge in [-0.15, -0.1) is 0 Å². The lowest BCUT2D eigenvalue weighted by molar-refractivity contribution is 0.0793. The van der Waals surface area contributed by atoms with Crippen LogP contribution in [0.15, 0.2) is 66.7 Å². The number of nitrogens with one attached hydrogen (secondary N) is 1. The van der Waals surface area contributed by atoms with Crippen molar-refractivity contribution in [2.24, 2.45) is 0 Å². The monoisotopic (exact) mass is 407 g/mol. The van der Waals surface area contributed by atoms with E-state index in [1.54, 1.807) is 30.3 Å². The fourth-order valence-corrected chi connectivity index (χ4v) is 3.53. The van der Waals surface area contributed by atoms with E-state index in [2.05, 4.69) is 5.32 Å². The van der Waals surface area contributed by atoms with Gasteiger partial charge in [0.25, 0.3) is 5.91 Å². The number of nitrogen functional groups attached to an aromatic ring is 1.